The van der Waals surface area contributed by atoms with Crippen molar-refractivity contribution in [2.75, 3.05) is 11.1 Å². The van der Waals surface area contributed by atoms with Crippen LogP contribution in [0.1, 0.15) is 17.4 Å². The maximum absolute atomic E-state index is 12.8. The minimum atomic E-state index is -4.43. The summed E-state index contributed by atoms with van der Waals surface area (Å²) >= 11 is 1.63. The van der Waals surface area contributed by atoms with Gasteiger partial charge in [0.15, 0.2) is 0 Å². The van der Waals surface area contributed by atoms with Crippen molar-refractivity contribution in [3.05, 3.63) is 46.2 Å². The summed E-state index contributed by atoms with van der Waals surface area (Å²) in [6.07, 6.45) is -3.66. The molecule has 2 nitrogen and oxygen atoms in total. The van der Waals surface area contributed by atoms with Crippen LogP contribution in [0.3, 0.4) is 0 Å². The molecule has 0 saturated heterocycles. The monoisotopic (exact) mass is 300 g/mol. The highest BCUT2D eigenvalue weighted by Gasteiger charge is 2.33. The highest BCUT2D eigenvalue weighted by molar-refractivity contribution is 7.09. The first kappa shape index (κ1) is 14.7. The molecule has 108 valence electrons. The number of nitrogens with two attached hydrogens (primary N) is 1. The Morgan fingerprint density at radius 2 is 2.05 bits per heavy atom. The Morgan fingerprint density at radius 1 is 1.30 bits per heavy atom. The van der Waals surface area contributed by atoms with Gasteiger partial charge in [0.1, 0.15) is 0 Å². The molecule has 20 heavy (non-hydrogen) atoms. The number of thiophene rings is 1. The standard InChI is InChI=1S/C14H15F3N2S/c1-9(7-11-3-2-6-20-11)19-10-4-5-13(18)12(8-10)14(15,16)17/h2-6,8-9,19H,7,18H2,1H3. The number of nitrogens with one attached hydrogen (secondary N) is 1. The van der Waals surface area contributed by atoms with Gasteiger partial charge in [-0.2, -0.15) is 13.2 Å². The Bertz CT molecular complexity index is 564. The van der Waals surface area contributed by atoms with Gasteiger partial charge in [-0.3, -0.25) is 0 Å². The van der Waals surface area contributed by atoms with Crippen molar-refractivity contribution in [3.63, 3.8) is 0 Å². The Kier molecular flexibility index (Phi) is 4.23. The van der Waals surface area contributed by atoms with Crippen LogP contribution < -0.4 is 11.1 Å². The molecule has 0 spiro atoms. The lowest BCUT2D eigenvalue weighted by molar-refractivity contribution is -0.136. The molecular formula is C14H15F3N2S. The quantitative estimate of drug-likeness (QED) is 0.822. The molecule has 1 aromatic carbocycles. The SMILES string of the molecule is CC(Cc1cccs1)Nc1ccc(N)c(C(F)(F)F)c1. The van der Waals surface area contributed by atoms with Crippen molar-refractivity contribution in [2.45, 2.75) is 25.6 Å². The van der Waals surface area contributed by atoms with Gasteiger partial charge < -0.3 is 11.1 Å². The summed E-state index contributed by atoms with van der Waals surface area (Å²) in [4.78, 5) is 1.19. The van der Waals surface area contributed by atoms with Crippen LogP contribution in [-0.4, -0.2) is 6.04 Å². The van der Waals surface area contributed by atoms with Crippen LogP contribution in [-0.2, 0) is 12.6 Å². The predicted octanol–water partition coefficient (Wildman–Crippen LogP) is 4.39. The van der Waals surface area contributed by atoms with Crippen LogP contribution in [0.2, 0.25) is 0 Å². The minimum Gasteiger partial charge on any atom is -0.398 e. The summed E-state index contributed by atoms with van der Waals surface area (Å²) in [6.45, 7) is 1.93. The minimum absolute atomic E-state index is 0.0401. The van der Waals surface area contributed by atoms with E-state index in [1.54, 1.807) is 17.4 Å². The molecule has 0 aliphatic heterocycles. The van der Waals surface area contributed by atoms with Crippen molar-refractivity contribution in [2.24, 2.45) is 0 Å². The fourth-order valence-electron chi connectivity index (χ4n) is 1.96. The Balaban J connectivity index is 2.10. The predicted molar refractivity (Wildman–Crippen MR) is 77.0 cm³/mol. The normalized spacial score (nSPS) is 13.2. The molecule has 1 atom stereocenters. The van der Waals surface area contributed by atoms with Gasteiger partial charge >= 0.3 is 6.18 Å². The molecule has 0 aliphatic rings. The summed E-state index contributed by atoms with van der Waals surface area (Å²) in [5, 5.41) is 5.05. The molecule has 0 bridgehead atoms. The van der Waals surface area contributed by atoms with Crippen LogP contribution in [0, 0.1) is 0 Å². The first-order valence-corrected chi connectivity index (χ1v) is 7.00. The van der Waals surface area contributed by atoms with E-state index in [0.717, 1.165) is 12.5 Å². The molecule has 1 heterocycles. The molecule has 3 N–H and O–H groups in total. The smallest absolute Gasteiger partial charge is 0.398 e. The average Bonchev–Trinajstić information content (AvgIpc) is 2.83. The summed E-state index contributed by atoms with van der Waals surface area (Å²) < 4.78 is 38.3. The number of alkyl halides is 3. The molecule has 6 heteroatoms. The lowest BCUT2D eigenvalue weighted by Crippen LogP contribution is -2.18. The van der Waals surface area contributed by atoms with Crippen LogP contribution in [0.25, 0.3) is 0 Å². The molecule has 0 saturated carbocycles. The fourth-order valence-corrected chi connectivity index (χ4v) is 2.79. The fraction of sp³-hybridized carbons (Fsp3) is 0.286. The third-order valence-electron chi connectivity index (χ3n) is 2.86. The zero-order valence-electron chi connectivity index (χ0n) is 10.9. The highest BCUT2D eigenvalue weighted by atomic mass is 32.1. The van der Waals surface area contributed by atoms with Crippen molar-refractivity contribution in [1.29, 1.82) is 0 Å². The number of rotatable bonds is 4. The second kappa shape index (κ2) is 5.75. The molecule has 0 amide bonds. The van der Waals surface area contributed by atoms with Crippen LogP contribution in [0.15, 0.2) is 35.7 Å². The van der Waals surface area contributed by atoms with E-state index in [0.29, 0.717) is 5.69 Å². The zero-order chi connectivity index (χ0) is 14.8. The Hall–Kier alpha value is -1.69. The van der Waals surface area contributed by atoms with Gasteiger partial charge in [0.05, 0.1) is 5.56 Å². The number of benzene rings is 1. The number of anilines is 2. The maximum Gasteiger partial charge on any atom is 0.418 e. The van der Waals surface area contributed by atoms with E-state index < -0.39 is 11.7 Å². The van der Waals surface area contributed by atoms with Gasteiger partial charge in [0.25, 0.3) is 0 Å². The van der Waals surface area contributed by atoms with E-state index in [1.807, 2.05) is 24.4 Å². The summed E-state index contributed by atoms with van der Waals surface area (Å²) in [5.41, 5.74) is 4.74. The molecule has 0 fully saturated rings. The van der Waals surface area contributed by atoms with E-state index in [9.17, 15) is 13.2 Å². The third-order valence-corrected chi connectivity index (χ3v) is 3.76. The number of halogens is 3. The molecular weight excluding hydrogens is 285 g/mol. The highest BCUT2D eigenvalue weighted by Crippen LogP contribution is 2.35. The topological polar surface area (TPSA) is 38.0 Å². The largest absolute Gasteiger partial charge is 0.418 e. The maximum atomic E-state index is 12.8. The van der Waals surface area contributed by atoms with E-state index in [2.05, 4.69) is 5.32 Å². The first-order chi connectivity index (χ1) is 9.36. The average molecular weight is 300 g/mol. The van der Waals surface area contributed by atoms with Crippen molar-refractivity contribution >= 4 is 22.7 Å². The van der Waals surface area contributed by atoms with Gasteiger partial charge in [-0.25, -0.2) is 0 Å². The third kappa shape index (κ3) is 3.66. The van der Waals surface area contributed by atoms with Crippen molar-refractivity contribution < 1.29 is 13.2 Å². The number of hydrogen-bond donors (Lipinski definition) is 2. The van der Waals surface area contributed by atoms with E-state index in [4.69, 9.17) is 5.73 Å². The van der Waals surface area contributed by atoms with Gasteiger partial charge in [0.2, 0.25) is 0 Å². The molecule has 2 rings (SSSR count). The van der Waals surface area contributed by atoms with Gasteiger partial charge in [0, 0.05) is 28.7 Å². The van der Waals surface area contributed by atoms with Gasteiger partial charge in [-0.05, 0) is 36.6 Å². The molecule has 0 aliphatic carbocycles. The number of nitrogen functional groups attached to an aromatic ring is 1. The molecule has 1 aromatic heterocycles. The van der Waals surface area contributed by atoms with E-state index >= 15 is 0 Å². The summed E-state index contributed by atoms with van der Waals surface area (Å²) in [6, 6.07) is 7.90. The van der Waals surface area contributed by atoms with Crippen LogP contribution in [0.5, 0.6) is 0 Å². The second-order valence-electron chi connectivity index (χ2n) is 4.63. The number of hydrogen-bond acceptors (Lipinski definition) is 3. The van der Waals surface area contributed by atoms with E-state index in [-0.39, 0.29) is 11.7 Å². The first-order valence-electron chi connectivity index (χ1n) is 6.12. The molecule has 0 radical (unpaired) electrons. The summed E-state index contributed by atoms with van der Waals surface area (Å²) in [7, 11) is 0. The van der Waals surface area contributed by atoms with E-state index in [1.165, 1.54) is 10.9 Å². The molecule has 1 unspecified atom stereocenters. The van der Waals surface area contributed by atoms with Crippen molar-refractivity contribution in [3.8, 4) is 0 Å². The zero-order valence-corrected chi connectivity index (χ0v) is 11.7. The summed E-state index contributed by atoms with van der Waals surface area (Å²) in [5.74, 6) is 0. The van der Waals surface area contributed by atoms with Crippen LogP contribution in [0.4, 0.5) is 24.5 Å². The lowest BCUT2D eigenvalue weighted by Gasteiger charge is -2.17. The molecule has 2 aromatic rings. The Labute approximate surface area is 119 Å². The van der Waals surface area contributed by atoms with Gasteiger partial charge in [-0.15, -0.1) is 11.3 Å². The van der Waals surface area contributed by atoms with Gasteiger partial charge in [-0.1, -0.05) is 6.07 Å². The second-order valence-corrected chi connectivity index (χ2v) is 5.66. The Morgan fingerprint density at radius 3 is 2.65 bits per heavy atom. The van der Waals surface area contributed by atoms with Crippen LogP contribution >= 0.6 is 11.3 Å². The van der Waals surface area contributed by atoms with Crippen molar-refractivity contribution in [1.82, 2.24) is 0 Å². The lowest BCUT2D eigenvalue weighted by atomic mass is 10.1.